The largest absolute Gasteiger partial charge is 0.321 e. The fourth-order valence-electron chi connectivity index (χ4n) is 1.61. The molecule has 0 aliphatic heterocycles. The molecule has 0 amide bonds. The fraction of sp³-hybridized carbons (Fsp3) is 0.250. The molecule has 0 unspecified atom stereocenters. The Morgan fingerprint density at radius 2 is 2.11 bits per heavy atom. The molecule has 1 aromatic heterocycles. The molecule has 0 N–H and O–H groups in total. The maximum atomic E-state index is 13.4. The first kappa shape index (κ1) is 14.1. The molecule has 0 saturated heterocycles. The molecule has 2 rings (SSSR count). The van der Waals surface area contributed by atoms with Crippen molar-refractivity contribution < 1.29 is 12.8 Å². The zero-order chi connectivity index (χ0) is 13.9. The number of thioether (sulfide) groups is 1. The van der Waals surface area contributed by atoms with Crippen molar-refractivity contribution in [2.24, 2.45) is 0 Å². The Labute approximate surface area is 115 Å². The molecule has 0 radical (unpaired) electrons. The van der Waals surface area contributed by atoms with Crippen LogP contribution < -0.4 is 0 Å². The van der Waals surface area contributed by atoms with Crippen molar-refractivity contribution in [2.75, 3.05) is 12.0 Å². The Kier molecular flexibility index (Phi) is 4.26. The van der Waals surface area contributed by atoms with Crippen LogP contribution in [-0.2, 0) is 16.4 Å². The van der Waals surface area contributed by atoms with E-state index in [1.807, 2.05) is 0 Å². The van der Waals surface area contributed by atoms with Gasteiger partial charge in [0.15, 0.2) is 0 Å². The van der Waals surface area contributed by atoms with Crippen LogP contribution in [0.25, 0.3) is 0 Å². The fourth-order valence-corrected chi connectivity index (χ4v) is 3.33. The smallest absolute Gasteiger partial charge is 0.227 e. The van der Waals surface area contributed by atoms with E-state index in [1.165, 1.54) is 24.0 Å². The number of sulfone groups is 1. The highest BCUT2D eigenvalue weighted by atomic mass is 32.2. The van der Waals surface area contributed by atoms with Gasteiger partial charge in [0.2, 0.25) is 15.0 Å². The van der Waals surface area contributed by atoms with Gasteiger partial charge < -0.3 is 4.57 Å². The number of imidazole rings is 1. The number of nitrogens with zero attached hydrogens (tertiary/aromatic N) is 2. The van der Waals surface area contributed by atoms with Gasteiger partial charge in [0.1, 0.15) is 5.82 Å². The normalized spacial score (nSPS) is 11.7. The summed E-state index contributed by atoms with van der Waals surface area (Å²) in [6, 6.07) is 6.51. The molecule has 7 heteroatoms. The zero-order valence-electron chi connectivity index (χ0n) is 10.3. The van der Waals surface area contributed by atoms with Gasteiger partial charge in [0, 0.05) is 35.8 Å². The van der Waals surface area contributed by atoms with Gasteiger partial charge in [-0.05, 0) is 12.1 Å². The Balaban J connectivity index is 2.01. The summed E-state index contributed by atoms with van der Waals surface area (Å²) in [7, 11) is -3.32. The van der Waals surface area contributed by atoms with Crippen molar-refractivity contribution in [2.45, 2.75) is 16.6 Å². The Bertz CT molecular complexity index is 668. The molecule has 0 bridgehead atoms. The molecule has 4 nitrogen and oxygen atoms in total. The minimum Gasteiger partial charge on any atom is -0.321 e. The molecular formula is C12H13FN2O2S2. The third kappa shape index (κ3) is 3.57. The number of benzene rings is 1. The van der Waals surface area contributed by atoms with E-state index in [9.17, 15) is 12.8 Å². The van der Waals surface area contributed by atoms with Crippen LogP contribution in [0.2, 0.25) is 0 Å². The van der Waals surface area contributed by atoms with Crippen molar-refractivity contribution >= 4 is 21.6 Å². The summed E-state index contributed by atoms with van der Waals surface area (Å²) >= 11 is 1.35. The summed E-state index contributed by atoms with van der Waals surface area (Å²) in [4.78, 5) is 4.38. The van der Waals surface area contributed by atoms with Gasteiger partial charge in [0.05, 0.1) is 0 Å². The Morgan fingerprint density at radius 3 is 2.79 bits per heavy atom. The summed E-state index contributed by atoms with van der Waals surface area (Å²) in [5.74, 6) is 0.307. The zero-order valence-corrected chi connectivity index (χ0v) is 11.9. The third-order valence-electron chi connectivity index (χ3n) is 2.44. The second-order valence-corrected chi connectivity index (χ2v) is 7.00. The van der Waals surface area contributed by atoms with Crippen LogP contribution in [0.5, 0.6) is 0 Å². The topological polar surface area (TPSA) is 52.0 Å². The molecule has 1 aromatic carbocycles. The van der Waals surface area contributed by atoms with Crippen LogP contribution in [0.1, 0.15) is 0 Å². The number of halogens is 1. The van der Waals surface area contributed by atoms with E-state index in [0.29, 0.717) is 17.2 Å². The van der Waals surface area contributed by atoms with E-state index in [4.69, 9.17) is 0 Å². The number of aromatic nitrogens is 2. The monoisotopic (exact) mass is 300 g/mol. The predicted octanol–water partition coefficient (Wildman–Crippen LogP) is 2.22. The second kappa shape index (κ2) is 5.75. The van der Waals surface area contributed by atoms with Crippen molar-refractivity contribution in [3.63, 3.8) is 0 Å². The van der Waals surface area contributed by atoms with Gasteiger partial charge >= 0.3 is 0 Å². The highest BCUT2D eigenvalue weighted by Crippen LogP contribution is 2.21. The highest BCUT2D eigenvalue weighted by molar-refractivity contribution is 7.99. The molecular weight excluding hydrogens is 287 g/mol. The van der Waals surface area contributed by atoms with Gasteiger partial charge in [-0.1, -0.05) is 12.1 Å². The lowest BCUT2D eigenvalue weighted by atomic mass is 10.3. The number of hydrogen-bond donors (Lipinski definition) is 0. The van der Waals surface area contributed by atoms with E-state index in [1.54, 1.807) is 29.0 Å². The van der Waals surface area contributed by atoms with Crippen molar-refractivity contribution in [3.05, 3.63) is 42.5 Å². The predicted molar refractivity (Wildman–Crippen MR) is 72.5 cm³/mol. The van der Waals surface area contributed by atoms with Crippen molar-refractivity contribution in [1.82, 2.24) is 9.55 Å². The van der Waals surface area contributed by atoms with Crippen LogP contribution in [-0.4, -0.2) is 30.0 Å². The van der Waals surface area contributed by atoms with E-state index in [-0.39, 0.29) is 11.0 Å². The van der Waals surface area contributed by atoms with E-state index >= 15 is 0 Å². The Morgan fingerprint density at radius 1 is 1.37 bits per heavy atom. The number of aryl methyl sites for hydroxylation is 1. The molecule has 0 saturated carbocycles. The van der Waals surface area contributed by atoms with Crippen LogP contribution in [0, 0.1) is 5.82 Å². The SMILES string of the molecule is CS(=O)(=O)c1nccn1CCSc1ccccc1F. The summed E-state index contributed by atoms with van der Waals surface area (Å²) in [6.07, 6.45) is 4.18. The average Bonchev–Trinajstić information content (AvgIpc) is 2.80. The number of hydrogen-bond acceptors (Lipinski definition) is 4. The molecule has 19 heavy (non-hydrogen) atoms. The second-order valence-electron chi connectivity index (χ2n) is 3.95. The minimum absolute atomic E-state index is 0.0432. The minimum atomic E-state index is -3.32. The van der Waals surface area contributed by atoms with E-state index in [0.717, 1.165) is 6.26 Å². The average molecular weight is 300 g/mol. The molecule has 2 aromatic rings. The maximum absolute atomic E-state index is 13.4. The number of rotatable bonds is 5. The van der Waals surface area contributed by atoms with Gasteiger partial charge in [-0.15, -0.1) is 11.8 Å². The first-order valence-corrected chi connectivity index (χ1v) is 8.45. The molecule has 0 fully saturated rings. The molecule has 0 aliphatic rings. The van der Waals surface area contributed by atoms with Crippen molar-refractivity contribution in [1.29, 1.82) is 0 Å². The lowest BCUT2D eigenvalue weighted by Crippen LogP contribution is -2.10. The first-order valence-electron chi connectivity index (χ1n) is 5.57. The molecule has 0 atom stereocenters. The maximum Gasteiger partial charge on any atom is 0.227 e. The third-order valence-corrected chi connectivity index (χ3v) is 4.47. The first-order chi connectivity index (χ1) is 8.98. The summed E-state index contributed by atoms with van der Waals surface area (Å²) < 4.78 is 37.9. The van der Waals surface area contributed by atoms with Gasteiger partial charge in [-0.3, -0.25) is 0 Å². The van der Waals surface area contributed by atoms with E-state index < -0.39 is 9.84 Å². The molecule has 1 heterocycles. The highest BCUT2D eigenvalue weighted by Gasteiger charge is 2.14. The summed E-state index contributed by atoms with van der Waals surface area (Å²) in [6.45, 7) is 0.460. The van der Waals surface area contributed by atoms with Gasteiger partial charge in [-0.25, -0.2) is 17.8 Å². The summed E-state index contributed by atoms with van der Waals surface area (Å²) in [5.41, 5.74) is 0. The van der Waals surface area contributed by atoms with Crippen molar-refractivity contribution in [3.8, 4) is 0 Å². The lowest BCUT2D eigenvalue weighted by Gasteiger charge is -2.06. The van der Waals surface area contributed by atoms with Gasteiger partial charge in [-0.2, -0.15) is 0 Å². The van der Waals surface area contributed by atoms with Gasteiger partial charge in [0.25, 0.3) is 0 Å². The van der Waals surface area contributed by atoms with Crippen LogP contribution in [0.15, 0.2) is 46.7 Å². The Hall–Kier alpha value is -1.34. The van der Waals surface area contributed by atoms with E-state index in [2.05, 4.69) is 4.98 Å². The lowest BCUT2D eigenvalue weighted by molar-refractivity contribution is 0.575. The molecule has 0 aliphatic carbocycles. The quantitative estimate of drug-likeness (QED) is 0.795. The van der Waals surface area contributed by atoms with Crippen LogP contribution in [0.4, 0.5) is 4.39 Å². The molecule has 0 spiro atoms. The standard InChI is InChI=1S/C12H13FN2O2S2/c1-19(16,17)12-14-6-7-15(12)8-9-18-11-5-3-2-4-10(11)13/h2-7H,8-9H2,1H3. The molecule has 102 valence electrons. The van der Waals surface area contributed by atoms with Crippen LogP contribution in [0.3, 0.4) is 0 Å². The summed E-state index contributed by atoms with van der Waals surface area (Å²) in [5, 5.41) is 0.0432. The van der Waals surface area contributed by atoms with Crippen LogP contribution >= 0.6 is 11.8 Å².